The number of hydrogen-bond donors (Lipinski definition) is 0. The van der Waals surface area contributed by atoms with Crippen molar-refractivity contribution in [2.75, 3.05) is 18.0 Å². The van der Waals surface area contributed by atoms with Gasteiger partial charge in [-0.3, -0.25) is 0 Å². The molecule has 0 aromatic heterocycles. The topological polar surface area (TPSA) is 27.0 Å². The summed E-state index contributed by atoms with van der Waals surface area (Å²) in [7, 11) is 0. The fourth-order valence-corrected chi connectivity index (χ4v) is 2.66. The summed E-state index contributed by atoms with van der Waals surface area (Å²) in [6.45, 7) is 2.13. The molecule has 0 aliphatic carbocycles. The van der Waals surface area contributed by atoms with E-state index in [1.165, 1.54) is 18.5 Å². The number of halogens is 1. The second kappa shape index (κ2) is 5.36. The first kappa shape index (κ1) is 11.5. The first-order chi connectivity index (χ1) is 7.79. The highest BCUT2D eigenvalue weighted by Crippen LogP contribution is 2.26. The lowest BCUT2D eigenvalue weighted by molar-refractivity contribution is 0.422. The van der Waals surface area contributed by atoms with Crippen LogP contribution in [0.4, 0.5) is 5.69 Å². The molecule has 1 fully saturated rings. The van der Waals surface area contributed by atoms with E-state index >= 15 is 0 Å². The summed E-state index contributed by atoms with van der Waals surface area (Å²) >= 11 is 3.50. The Morgan fingerprint density at radius 1 is 1.50 bits per heavy atom. The average molecular weight is 279 g/mol. The maximum atomic E-state index is 8.74. The van der Waals surface area contributed by atoms with Gasteiger partial charge in [0.1, 0.15) is 0 Å². The number of piperidine rings is 1. The molecule has 0 saturated carbocycles. The van der Waals surface area contributed by atoms with Crippen molar-refractivity contribution in [3.05, 3.63) is 28.7 Å². The van der Waals surface area contributed by atoms with Crippen LogP contribution in [0.5, 0.6) is 0 Å². The van der Waals surface area contributed by atoms with Crippen LogP contribution in [0.25, 0.3) is 0 Å². The summed E-state index contributed by atoms with van der Waals surface area (Å²) in [5.41, 5.74) is 1.26. The highest BCUT2D eigenvalue weighted by atomic mass is 79.9. The van der Waals surface area contributed by atoms with E-state index in [-0.39, 0.29) is 0 Å². The zero-order valence-electron chi connectivity index (χ0n) is 9.19. The summed E-state index contributed by atoms with van der Waals surface area (Å²) in [5, 5.41) is 8.74. The second-order valence-electron chi connectivity index (χ2n) is 4.30. The maximum absolute atomic E-state index is 8.74. The average Bonchev–Trinajstić information content (AvgIpc) is 2.30. The maximum Gasteiger partial charge on any atom is 0.0625 e. The van der Waals surface area contributed by atoms with Gasteiger partial charge in [0.25, 0.3) is 0 Å². The van der Waals surface area contributed by atoms with E-state index in [1.807, 2.05) is 6.07 Å². The van der Waals surface area contributed by atoms with Crippen molar-refractivity contribution in [2.24, 2.45) is 5.92 Å². The van der Waals surface area contributed by atoms with Gasteiger partial charge in [-0.25, -0.2) is 0 Å². The van der Waals surface area contributed by atoms with Crippen LogP contribution in [0.15, 0.2) is 28.7 Å². The lowest BCUT2D eigenvalue weighted by Crippen LogP contribution is -2.35. The summed E-state index contributed by atoms with van der Waals surface area (Å²) in [6, 6.07) is 10.7. The third kappa shape index (κ3) is 2.76. The quantitative estimate of drug-likeness (QED) is 0.827. The van der Waals surface area contributed by atoms with Crippen molar-refractivity contribution in [1.29, 1.82) is 5.26 Å². The van der Waals surface area contributed by atoms with Crippen molar-refractivity contribution < 1.29 is 0 Å². The number of benzene rings is 1. The predicted octanol–water partition coefficient (Wildman–Crippen LogP) is 3.58. The zero-order valence-corrected chi connectivity index (χ0v) is 10.8. The number of nitriles is 1. The Bertz CT molecular complexity index is 397. The van der Waals surface area contributed by atoms with Crippen LogP contribution in [0.2, 0.25) is 0 Å². The van der Waals surface area contributed by atoms with Gasteiger partial charge in [-0.2, -0.15) is 5.26 Å². The number of rotatable bonds is 2. The molecule has 0 radical (unpaired) electrons. The molecule has 3 heteroatoms. The molecule has 2 nitrogen and oxygen atoms in total. The van der Waals surface area contributed by atoms with Crippen LogP contribution >= 0.6 is 15.9 Å². The molecular formula is C13H15BrN2. The number of anilines is 1. The molecule has 2 rings (SSSR count). The van der Waals surface area contributed by atoms with Gasteiger partial charge in [0.15, 0.2) is 0 Å². The van der Waals surface area contributed by atoms with E-state index < -0.39 is 0 Å². The molecular weight excluding hydrogens is 264 g/mol. The van der Waals surface area contributed by atoms with Crippen molar-refractivity contribution in [1.82, 2.24) is 0 Å². The zero-order chi connectivity index (χ0) is 11.4. The lowest BCUT2D eigenvalue weighted by Gasteiger charge is -2.33. The fourth-order valence-electron chi connectivity index (χ4n) is 2.27. The van der Waals surface area contributed by atoms with Crippen LogP contribution in [0, 0.1) is 17.2 Å². The Morgan fingerprint density at radius 2 is 2.38 bits per heavy atom. The van der Waals surface area contributed by atoms with Gasteiger partial charge in [-0.15, -0.1) is 0 Å². The van der Waals surface area contributed by atoms with Crippen molar-refractivity contribution >= 4 is 21.6 Å². The highest BCUT2D eigenvalue weighted by Gasteiger charge is 2.19. The molecule has 1 aromatic rings. The molecule has 1 aliphatic heterocycles. The van der Waals surface area contributed by atoms with Gasteiger partial charge >= 0.3 is 0 Å². The largest absolute Gasteiger partial charge is 0.371 e. The van der Waals surface area contributed by atoms with E-state index in [1.54, 1.807) is 0 Å². The van der Waals surface area contributed by atoms with E-state index in [0.717, 1.165) is 17.6 Å². The van der Waals surface area contributed by atoms with Crippen LogP contribution in [-0.2, 0) is 0 Å². The highest BCUT2D eigenvalue weighted by molar-refractivity contribution is 9.10. The van der Waals surface area contributed by atoms with E-state index in [4.69, 9.17) is 5.26 Å². The van der Waals surface area contributed by atoms with E-state index in [9.17, 15) is 0 Å². The normalized spacial score (nSPS) is 20.5. The van der Waals surface area contributed by atoms with Gasteiger partial charge in [0, 0.05) is 29.7 Å². The molecule has 16 heavy (non-hydrogen) atoms. The smallest absolute Gasteiger partial charge is 0.0625 e. The van der Waals surface area contributed by atoms with Crippen LogP contribution < -0.4 is 4.90 Å². The van der Waals surface area contributed by atoms with Crippen molar-refractivity contribution in [3.8, 4) is 6.07 Å². The standard InChI is InChI=1S/C13H15BrN2/c14-12-4-1-5-13(9-12)16-8-2-3-11(10-16)6-7-15/h1,4-5,9,11H,2-3,6,8,10H2. The van der Waals surface area contributed by atoms with Gasteiger partial charge < -0.3 is 4.90 Å². The van der Waals surface area contributed by atoms with Crippen LogP contribution in [0.3, 0.4) is 0 Å². The number of nitrogens with zero attached hydrogens (tertiary/aromatic N) is 2. The SMILES string of the molecule is N#CCC1CCCN(c2cccc(Br)c2)C1. The van der Waals surface area contributed by atoms with Gasteiger partial charge in [0.05, 0.1) is 6.07 Å². The molecule has 1 heterocycles. The molecule has 84 valence electrons. The third-order valence-corrected chi connectivity index (χ3v) is 3.57. The Balaban J connectivity index is 2.07. The molecule has 0 bridgehead atoms. The summed E-state index contributed by atoms with van der Waals surface area (Å²) in [5.74, 6) is 0.540. The summed E-state index contributed by atoms with van der Waals surface area (Å²) in [4.78, 5) is 2.39. The molecule has 1 aromatic carbocycles. The molecule has 1 saturated heterocycles. The Kier molecular flexibility index (Phi) is 3.84. The lowest BCUT2D eigenvalue weighted by atomic mass is 9.95. The monoisotopic (exact) mass is 278 g/mol. The van der Waals surface area contributed by atoms with Gasteiger partial charge in [0.2, 0.25) is 0 Å². The van der Waals surface area contributed by atoms with Crippen LogP contribution in [0.1, 0.15) is 19.3 Å². The Hall–Kier alpha value is -1.01. The fraction of sp³-hybridized carbons (Fsp3) is 0.462. The molecule has 1 aliphatic rings. The van der Waals surface area contributed by atoms with Gasteiger partial charge in [-0.05, 0) is 37.0 Å². The number of hydrogen-bond acceptors (Lipinski definition) is 2. The first-order valence-electron chi connectivity index (χ1n) is 5.67. The molecule has 1 unspecified atom stereocenters. The summed E-state index contributed by atoms with van der Waals surface area (Å²) < 4.78 is 1.12. The molecule has 0 N–H and O–H groups in total. The minimum absolute atomic E-state index is 0.540. The van der Waals surface area contributed by atoms with E-state index in [2.05, 4.69) is 45.1 Å². The Morgan fingerprint density at radius 3 is 3.12 bits per heavy atom. The first-order valence-corrected chi connectivity index (χ1v) is 6.46. The predicted molar refractivity (Wildman–Crippen MR) is 69.3 cm³/mol. The summed E-state index contributed by atoms with van der Waals surface area (Å²) in [6.07, 6.45) is 3.07. The van der Waals surface area contributed by atoms with Crippen molar-refractivity contribution in [2.45, 2.75) is 19.3 Å². The molecule has 0 amide bonds. The minimum Gasteiger partial charge on any atom is -0.371 e. The van der Waals surface area contributed by atoms with Crippen molar-refractivity contribution in [3.63, 3.8) is 0 Å². The minimum atomic E-state index is 0.540. The van der Waals surface area contributed by atoms with Crippen LogP contribution in [-0.4, -0.2) is 13.1 Å². The van der Waals surface area contributed by atoms with Gasteiger partial charge in [-0.1, -0.05) is 22.0 Å². The molecule has 0 spiro atoms. The van der Waals surface area contributed by atoms with E-state index in [0.29, 0.717) is 12.3 Å². The second-order valence-corrected chi connectivity index (χ2v) is 5.21. The third-order valence-electron chi connectivity index (χ3n) is 3.07. The molecule has 1 atom stereocenters. The Labute approximate surface area is 105 Å².